The maximum absolute atomic E-state index is 12.3. The number of ketones is 1. The summed E-state index contributed by atoms with van der Waals surface area (Å²) in [5.74, 6) is 0.0289. The first-order valence-corrected chi connectivity index (χ1v) is 9.79. The number of rotatable bonds is 7. The molecule has 1 aromatic heterocycles. The van der Waals surface area contributed by atoms with E-state index >= 15 is 0 Å². The third-order valence-corrected chi connectivity index (χ3v) is 5.72. The second-order valence-corrected chi connectivity index (χ2v) is 8.24. The van der Waals surface area contributed by atoms with E-state index in [0.29, 0.717) is 48.0 Å². The Hall–Kier alpha value is -1.44. The van der Waals surface area contributed by atoms with E-state index in [9.17, 15) is 14.4 Å². The van der Waals surface area contributed by atoms with Gasteiger partial charge in [-0.3, -0.25) is 19.3 Å². The van der Waals surface area contributed by atoms with E-state index in [1.165, 1.54) is 11.3 Å². The molecule has 2 aliphatic rings. The van der Waals surface area contributed by atoms with Crippen molar-refractivity contribution in [3.63, 3.8) is 0 Å². The van der Waals surface area contributed by atoms with Crippen molar-refractivity contribution < 1.29 is 14.4 Å². The van der Waals surface area contributed by atoms with Crippen LogP contribution >= 0.6 is 22.9 Å². The smallest absolute Gasteiger partial charge is 0.234 e. The van der Waals surface area contributed by atoms with Gasteiger partial charge in [-0.2, -0.15) is 0 Å². The van der Waals surface area contributed by atoms with Crippen molar-refractivity contribution in [3.8, 4) is 0 Å². The highest BCUT2D eigenvalue weighted by Crippen LogP contribution is 2.23. The Morgan fingerprint density at radius 3 is 2.44 bits per heavy atom. The second kappa shape index (κ2) is 8.29. The predicted molar refractivity (Wildman–Crippen MR) is 97.1 cm³/mol. The van der Waals surface area contributed by atoms with Gasteiger partial charge in [0.2, 0.25) is 11.8 Å². The molecule has 0 aromatic carbocycles. The largest absolute Gasteiger partial charge is 0.352 e. The minimum Gasteiger partial charge on any atom is -0.352 e. The normalized spacial score (nSPS) is 18.2. The van der Waals surface area contributed by atoms with Crippen molar-refractivity contribution in [2.24, 2.45) is 0 Å². The Morgan fingerprint density at radius 1 is 1.12 bits per heavy atom. The number of halogens is 1. The van der Waals surface area contributed by atoms with Crippen molar-refractivity contribution >= 4 is 40.5 Å². The molecule has 8 heteroatoms. The lowest BCUT2D eigenvalue weighted by Crippen LogP contribution is -2.51. The van der Waals surface area contributed by atoms with Gasteiger partial charge >= 0.3 is 0 Å². The molecule has 1 N–H and O–H groups in total. The molecule has 0 bridgehead atoms. The minimum absolute atomic E-state index is 0.00177. The standard InChI is InChI=1S/C17H22ClN3O3S/c18-15-5-4-14(25-15)13(22)3-6-17(24)21-9-7-20(8-10-21)11-16(23)19-12-1-2-12/h4-5,12H,1-3,6-11H2,(H,19,23). The number of carbonyl (C=O) groups excluding carboxylic acids is 3. The summed E-state index contributed by atoms with van der Waals surface area (Å²) in [4.78, 5) is 40.6. The minimum atomic E-state index is -0.0411. The van der Waals surface area contributed by atoms with Crippen LogP contribution in [0.5, 0.6) is 0 Å². The quantitative estimate of drug-likeness (QED) is 0.729. The average Bonchev–Trinajstić information content (AvgIpc) is 3.30. The third-order valence-electron chi connectivity index (χ3n) is 4.45. The second-order valence-electron chi connectivity index (χ2n) is 6.53. The van der Waals surface area contributed by atoms with E-state index in [0.717, 1.165) is 12.8 Å². The topological polar surface area (TPSA) is 69.7 Å². The Bertz CT molecular complexity index is 651. The van der Waals surface area contributed by atoms with Crippen LogP contribution in [0.15, 0.2) is 12.1 Å². The molecule has 1 aromatic rings. The highest BCUT2D eigenvalue weighted by molar-refractivity contribution is 7.18. The van der Waals surface area contributed by atoms with E-state index in [2.05, 4.69) is 10.2 Å². The number of carbonyl (C=O) groups is 3. The molecule has 2 fully saturated rings. The summed E-state index contributed by atoms with van der Waals surface area (Å²) < 4.78 is 0.580. The van der Waals surface area contributed by atoms with Crippen molar-refractivity contribution in [1.29, 1.82) is 0 Å². The molecule has 1 aliphatic heterocycles. The van der Waals surface area contributed by atoms with Crippen molar-refractivity contribution in [1.82, 2.24) is 15.1 Å². The van der Waals surface area contributed by atoms with Gasteiger partial charge in [0.05, 0.1) is 15.8 Å². The van der Waals surface area contributed by atoms with Crippen molar-refractivity contribution in [2.45, 2.75) is 31.7 Å². The maximum atomic E-state index is 12.3. The molecule has 136 valence electrons. The van der Waals surface area contributed by atoms with Gasteiger partial charge in [-0.15, -0.1) is 11.3 Å². The van der Waals surface area contributed by atoms with E-state index in [-0.39, 0.29) is 30.4 Å². The number of piperazine rings is 1. The van der Waals surface area contributed by atoms with Crippen LogP contribution in [0.4, 0.5) is 0 Å². The van der Waals surface area contributed by atoms with E-state index < -0.39 is 0 Å². The van der Waals surface area contributed by atoms with E-state index in [1.54, 1.807) is 17.0 Å². The molecule has 3 rings (SSSR count). The van der Waals surface area contributed by atoms with Crippen LogP contribution in [0, 0.1) is 0 Å². The zero-order valence-electron chi connectivity index (χ0n) is 14.0. The van der Waals surface area contributed by atoms with E-state index in [4.69, 9.17) is 11.6 Å². The molecule has 25 heavy (non-hydrogen) atoms. The number of hydrogen-bond donors (Lipinski definition) is 1. The first-order valence-electron chi connectivity index (χ1n) is 8.59. The Kier molecular flexibility index (Phi) is 6.09. The average molecular weight is 384 g/mol. The number of hydrogen-bond acceptors (Lipinski definition) is 5. The summed E-state index contributed by atoms with van der Waals surface area (Å²) in [6.07, 6.45) is 2.60. The molecule has 0 unspecified atom stereocenters. The fourth-order valence-corrected chi connectivity index (χ4v) is 3.84. The van der Waals surface area contributed by atoms with E-state index in [1.807, 2.05) is 0 Å². The summed E-state index contributed by atoms with van der Waals surface area (Å²) in [5, 5.41) is 2.98. The van der Waals surface area contributed by atoms with Crippen LogP contribution in [-0.2, 0) is 9.59 Å². The van der Waals surface area contributed by atoms with Gasteiger partial charge in [-0.25, -0.2) is 0 Å². The lowest BCUT2D eigenvalue weighted by atomic mass is 10.1. The number of amides is 2. The summed E-state index contributed by atoms with van der Waals surface area (Å²) in [7, 11) is 0. The third kappa shape index (κ3) is 5.52. The first kappa shape index (κ1) is 18.4. The molecule has 1 saturated heterocycles. The summed E-state index contributed by atoms with van der Waals surface area (Å²) in [6.45, 7) is 3.00. The Labute approximate surface area is 156 Å². The molecular weight excluding hydrogens is 362 g/mol. The SMILES string of the molecule is O=C(CN1CCN(C(=O)CCC(=O)c2ccc(Cl)s2)CC1)NC1CC1. The molecule has 0 spiro atoms. The van der Waals surface area contributed by atoms with Gasteiger partial charge in [0, 0.05) is 45.1 Å². The lowest BCUT2D eigenvalue weighted by molar-refractivity contribution is -0.133. The lowest BCUT2D eigenvalue weighted by Gasteiger charge is -2.34. The van der Waals surface area contributed by atoms with Gasteiger partial charge in [-0.05, 0) is 25.0 Å². The van der Waals surface area contributed by atoms with Crippen molar-refractivity contribution in [2.75, 3.05) is 32.7 Å². The number of Topliss-reactive ketones (excluding diaryl/α,β-unsaturated/α-hetero) is 1. The van der Waals surface area contributed by atoms with Gasteiger partial charge in [0.25, 0.3) is 0 Å². The maximum Gasteiger partial charge on any atom is 0.234 e. The van der Waals surface area contributed by atoms with Crippen LogP contribution in [-0.4, -0.2) is 66.2 Å². The first-order chi connectivity index (χ1) is 12.0. The zero-order chi connectivity index (χ0) is 17.8. The molecule has 6 nitrogen and oxygen atoms in total. The monoisotopic (exact) mass is 383 g/mol. The number of nitrogens with one attached hydrogen (secondary N) is 1. The summed E-state index contributed by atoms with van der Waals surface area (Å²) in [5.41, 5.74) is 0. The van der Waals surface area contributed by atoms with Crippen LogP contribution < -0.4 is 5.32 Å². The van der Waals surface area contributed by atoms with Gasteiger partial charge in [0.15, 0.2) is 5.78 Å². The molecule has 0 radical (unpaired) electrons. The number of nitrogens with zero attached hydrogens (tertiary/aromatic N) is 2. The molecule has 1 saturated carbocycles. The molecule has 1 aliphatic carbocycles. The van der Waals surface area contributed by atoms with Crippen LogP contribution in [0.1, 0.15) is 35.4 Å². The number of thiophene rings is 1. The summed E-state index contributed by atoms with van der Waals surface area (Å²) >= 11 is 7.07. The van der Waals surface area contributed by atoms with Crippen LogP contribution in [0.3, 0.4) is 0 Å². The highest BCUT2D eigenvalue weighted by atomic mass is 35.5. The molecule has 2 heterocycles. The van der Waals surface area contributed by atoms with Crippen molar-refractivity contribution in [3.05, 3.63) is 21.3 Å². The van der Waals surface area contributed by atoms with Gasteiger partial charge in [0.1, 0.15) is 0 Å². The Morgan fingerprint density at radius 2 is 1.84 bits per heavy atom. The fourth-order valence-electron chi connectivity index (χ4n) is 2.83. The highest BCUT2D eigenvalue weighted by Gasteiger charge is 2.26. The van der Waals surface area contributed by atoms with Crippen LogP contribution in [0.2, 0.25) is 4.34 Å². The zero-order valence-corrected chi connectivity index (χ0v) is 15.6. The summed E-state index contributed by atoms with van der Waals surface area (Å²) in [6, 6.07) is 3.77. The van der Waals surface area contributed by atoms with Gasteiger partial charge in [-0.1, -0.05) is 11.6 Å². The molecule has 0 atom stereocenters. The molecule has 2 amide bonds. The van der Waals surface area contributed by atoms with Crippen LogP contribution in [0.25, 0.3) is 0 Å². The Balaban J connectivity index is 1.36. The van der Waals surface area contributed by atoms with Gasteiger partial charge < -0.3 is 10.2 Å². The predicted octanol–water partition coefficient (Wildman–Crippen LogP) is 1.79. The molecular formula is C17H22ClN3O3S. The fraction of sp³-hybridized carbons (Fsp3) is 0.588.